The Morgan fingerprint density at radius 3 is 2.59 bits per heavy atom. The third kappa shape index (κ3) is 6.13. The Morgan fingerprint density at radius 1 is 1.22 bits per heavy atom. The van der Waals surface area contributed by atoms with E-state index in [2.05, 4.69) is 41.8 Å². The van der Waals surface area contributed by atoms with Gasteiger partial charge in [-0.15, -0.1) is 11.3 Å². The van der Waals surface area contributed by atoms with Crippen molar-refractivity contribution in [1.29, 1.82) is 0 Å². The Morgan fingerprint density at radius 2 is 2.00 bits per heavy atom. The summed E-state index contributed by atoms with van der Waals surface area (Å²) < 4.78 is 11.0. The van der Waals surface area contributed by atoms with Gasteiger partial charge in [0.15, 0.2) is 17.5 Å². The summed E-state index contributed by atoms with van der Waals surface area (Å²) >= 11 is 1.65. The van der Waals surface area contributed by atoms with Gasteiger partial charge in [0, 0.05) is 29.1 Å². The molecule has 7 heteroatoms. The first kappa shape index (κ1) is 21.0. The second-order valence-electron chi connectivity index (χ2n) is 7.00. The predicted molar refractivity (Wildman–Crippen MR) is 113 cm³/mol. The monoisotopic (exact) mass is 390 g/mol. The van der Waals surface area contributed by atoms with Crippen LogP contribution in [-0.4, -0.2) is 31.2 Å². The van der Waals surface area contributed by atoms with Crippen LogP contribution in [0.25, 0.3) is 0 Å². The number of benzene rings is 1. The standard InChI is InChI=1S/C20H30N4O2S/c1-7-21-19(22-12-18-24-17(13-27-18)20(3,4)5)23-14-9-10-15(25-6)16(11-14)26-8-2/h9-11,13H,7-8,12H2,1-6H3,(H2,21,22,23). The second kappa shape index (κ2) is 9.60. The maximum absolute atomic E-state index is 5.64. The fourth-order valence-corrected chi connectivity index (χ4v) is 3.29. The fraction of sp³-hybridized carbons (Fsp3) is 0.500. The molecule has 0 aliphatic heterocycles. The Bertz CT molecular complexity index is 766. The van der Waals surface area contributed by atoms with E-state index < -0.39 is 0 Å². The lowest BCUT2D eigenvalue weighted by atomic mass is 9.93. The molecule has 6 nitrogen and oxygen atoms in total. The fourth-order valence-electron chi connectivity index (χ4n) is 2.34. The van der Waals surface area contributed by atoms with Crippen molar-refractivity contribution in [3.05, 3.63) is 34.3 Å². The van der Waals surface area contributed by atoms with Gasteiger partial charge in [-0.2, -0.15) is 0 Å². The number of hydrogen-bond acceptors (Lipinski definition) is 5. The Hall–Kier alpha value is -2.28. The van der Waals surface area contributed by atoms with Gasteiger partial charge in [0.1, 0.15) is 5.01 Å². The number of anilines is 1. The molecule has 0 atom stereocenters. The summed E-state index contributed by atoms with van der Waals surface area (Å²) in [6, 6.07) is 5.74. The average Bonchev–Trinajstić information content (AvgIpc) is 3.10. The SMILES string of the molecule is CCNC(=NCc1nc(C(C)(C)C)cs1)Nc1ccc(OC)c(OCC)c1. The van der Waals surface area contributed by atoms with E-state index in [1.807, 2.05) is 32.0 Å². The molecule has 0 radical (unpaired) electrons. The van der Waals surface area contributed by atoms with E-state index in [9.17, 15) is 0 Å². The highest BCUT2D eigenvalue weighted by Gasteiger charge is 2.17. The summed E-state index contributed by atoms with van der Waals surface area (Å²) in [7, 11) is 1.64. The Labute approximate surface area is 166 Å². The topological polar surface area (TPSA) is 67.8 Å². The number of aliphatic imine (C=N–C) groups is 1. The summed E-state index contributed by atoms with van der Waals surface area (Å²) in [5.74, 6) is 2.12. The number of rotatable bonds is 7. The lowest BCUT2D eigenvalue weighted by molar-refractivity contribution is 0.311. The van der Waals surface area contributed by atoms with Crippen LogP contribution in [0.1, 0.15) is 45.3 Å². The van der Waals surface area contributed by atoms with Crippen molar-refractivity contribution in [3.8, 4) is 11.5 Å². The second-order valence-corrected chi connectivity index (χ2v) is 7.94. The predicted octanol–water partition coefficient (Wildman–Crippen LogP) is 4.43. The van der Waals surface area contributed by atoms with Crippen molar-refractivity contribution in [1.82, 2.24) is 10.3 Å². The molecule has 0 spiro atoms. The van der Waals surface area contributed by atoms with Crippen LogP contribution in [0.15, 0.2) is 28.6 Å². The number of methoxy groups -OCH3 is 1. The van der Waals surface area contributed by atoms with E-state index in [0.717, 1.165) is 22.9 Å². The maximum Gasteiger partial charge on any atom is 0.196 e. The molecule has 1 aromatic carbocycles. The van der Waals surface area contributed by atoms with Crippen LogP contribution >= 0.6 is 11.3 Å². The molecule has 0 fully saturated rings. The van der Waals surface area contributed by atoms with Crippen LogP contribution in [0.2, 0.25) is 0 Å². The normalized spacial score (nSPS) is 12.0. The average molecular weight is 391 g/mol. The van der Waals surface area contributed by atoms with Gasteiger partial charge in [0.25, 0.3) is 0 Å². The summed E-state index contributed by atoms with van der Waals surface area (Å²) in [6.07, 6.45) is 0. The zero-order valence-corrected chi connectivity index (χ0v) is 17.9. The van der Waals surface area contributed by atoms with Crippen molar-refractivity contribution >= 4 is 23.0 Å². The molecule has 0 bridgehead atoms. The lowest BCUT2D eigenvalue weighted by Gasteiger charge is -2.14. The van der Waals surface area contributed by atoms with Gasteiger partial charge in [0.2, 0.25) is 0 Å². The molecule has 0 unspecified atom stereocenters. The number of hydrogen-bond donors (Lipinski definition) is 2. The van der Waals surface area contributed by atoms with Crippen molar-refractivity contribution in [2.75, 3.05) is 25.6 Å². The van der Waals surface area contributed by atoms with Crippen LogP contribution in [0.4, 0.5) is 5.69 Å². The Balaban J connectivity index is 2.13. The molecule has 2 rings (SSSR count). The van der Waals surface area contributed by atoms with E-state index in [0.29, 0.717) is 30.6 Å². The number of nitrogens with zero attached hydrogens (tertiary/aromatic N) is 2. The number of nitrogens with one attached hydrogen (secondary N) is 2. The molecule has 148 valence electrons. The number of thiazole rings is 1. The van der Waals surface area contributed by atoms with E-state index in [1.165, 1.54) is 0 Å². The summed E-state index contributed by atoms with van der Waals surface area (Å²) in [5.41, 5.74) is 2.04. The third-order valence-electron chi connectivity index (χ3n) is 3.76. The lowest BCUT2D eigenvalue weighted by Crippen LogP contribution is -2.30. The van der Waals surface area contributed by atoms with Crippen LogP contribution < -0.4 is 20.1 Å². The minimum Gasteiger partial charge on any atom is -0.493 e. The number of ether oxygens (including phenoxy) is 2. The maximum atomic E-state index is 5.64. The van der Waals surface area contributed by atoms with Crippen molar-refractivity contribution in [3.63, 3.8) is 0 Å². The smallest absolute Gasteiger partial charge is 0.196 e. The first-order chi connectivity index (χ1) is 12.9. The van der Waals surface area contributed by atoms with Crippen LogP contribution in [0.3, 0.4) is 0 Å². The zero-order valence-electron chi connectivity index (χ0n) is 17.0. The highest BCUT2D eigenvalue weighted by atomic mass is 32.1. The molecule has 27 heavy (non-hydrogen) atoms. The highest BCUT2D eigenvalue weighted by Crippen LogP contribution is 2.30. The van der Waals surface area contributed by atoms with E-state index >= 15 is 0 Å². The molecule has 0 amide bonds. The summed E-state index contributed by atoms with van der Waals surface area (Å²) in [5, 5.41) is 9.70. The zero-order chi connectivity index (χ0) is 19.9. The molecule has 1 aromatic heterocycles. The summed E-state index contributed by atoms with van der Waals surface area (Å²) in [6.45, 7) is 12.4. The van der Waals surface area contributed by atoms with Crippen molar-refractivity contribution in [2.24, 2.45) is 4.99 Å². The first-order valence-electron chi connectivity index (χ1n) is 9.18. The molecule has 2 N–H and O–H groups in total. The van der Waals surface area contributed by atoms with Crippen molar-refractivity contribution < 1.29 is 9.47 Å². The number of guanidine groups is 1. The van der Waals surface area contributed by atoms with E-state index in [4.69, 9.17) is 14.5 Å². The molecular formula is C20H30N4O2S. The molecule has 1 heterocycles. The Kier molecular flexibility index (Phi) is 7.47. The third-order valence-corrected chi connectivity index (χ3v) is 4.60. The minimum atomic E-state index is 0.0555. The van der Waals surface area contributed by atoms with Gasteiger partial charge in [-0.1, -0.05) is 20.8 Å². The van der Waals surface area contributed by atoms with Crippen molar-refractivity contribution in [2.45, 2.75) is 46.6 Å². The van der Waals surface area contributed by atoms with Gasteiger partial charge in [0.05, 0.1) is 26.0 Å². The molecule has 0 saturated carbocycles. The van der Waals surface area contributed by atoms with Gasteiger partial charge >= 0.3 is 0 Å². The van der Waals surface area contributed by atoms with Crippen LogP contribution in [0, 0.1) is 0 Å². The molecule has 0 aliphatic carbocycles. The van der Waals surface area contributed by atoms with Gasteiger partial charge < -0.3 is 20.1 Å². The van der Waals surface area contributed by atoms with Crippen LogP contribution in [-0.2, 0) is 12.0 Å². The van der Waals surface area contributed by atoms with E-state index in [1.54, 1.807) is 18.4 Å². The molecule has 2 aromatic rings. The van der Waals surface area contributed by atoms with Gasteiger partial charge in [-0.05, 0) is 26.0 Å². The largest absolute Gasteiger partial charge is 0.493 e. The summed E-state index contributed by atoms with van der Waals surface area (Å²) in [4.78, 5) is 9.36. The first-order valence-corrected chi connectivity index (χ1v) is 10.1. The van der Waals surface area contributed by atoms with E-state index in [-0.39, 0.29) is 5.41 Å². The van der Waals surface area contributed by atoms with Gasteiger partial charge in [-0.3, -0.25) is 0 Å². The van der Waals surface area contributed by atoms with Gasteiger partial charge in [-0.25, -0.2) is 9.98 Å². The molecule has 0 saturated heterocycles. The minimum absolute atomic E-state index is 0.0555. The quantitative estimate of drug-likeness (QED) is 0.541. The number of aromatic nitrogens is 1. The molecular weight excluding hydrogens is 360 g/mol. The highest BCUT2D eigenvalue weighted by molar-refractivity contribution is 7.09. The molecule has 0 aliphatic rings. The van der Waals surface area contributed by atoms with Crippen LogP contribution in [0.5, 0.6) is 11.5 Å².